The van der Waals surface area contributed by atoms with Crippen LogP contribution >= 0.6 is 0 Å². The summed E-state index contributed by atoms with van der Waals surface area (Å²) >= 11 is 0. The molecule has 0 saturated carbocycles. The van der Waals surface area contributed by atoms with Gasteiger partial charge in [-0.2, -0.15) is 0 Å². The molecule has 0 spiro atoms. The lowest BCUT2D eigenvalue weighted by Crippen LogP contribution is -2.48. The highest BCUT2D eigenvalue weighted by molar-refractivity contribution is 6.74. The van der Waals surface area contributed by atoms with Crippen molar-refractivity contribution in [3.8, 4) is 0 Å². The summed E-state index contributed by atoms with van der Waals surface area (Å²) in [6.45, 7) is 13.5. The maximum absolute atomic E-state index is 9.88. The summed E-state index contributed by atoms with van der Waals surface area (Å²) < 4.78 is 6.57. The molecule has 1 saturated heterocycles. The van der Waals surface area contributed by atoms with Crippen LogP contribution in [0, 0.1) is 0 Å². The summed E-state index contributed by atoms with van der Waals surface area (Å²) in [7, 11) is -1.79. The largest absolute Gasteiger partial charge is 0.412 e. The Bertz CT molecular complexity index is 470. The Morgan fingerprint density at radius 1 is 1.23 bits per heavy atom. The molecule has 0 unspecified atom stereocenters. The molecule has 1 aliphatic heterocycles. The summed E-state index contributed by atoms with van der Waals surface area (Å²) in [6, 6.07) is 10.6. The molecule has 2 rings (SSSR count). The number of rotatable bonds is 5. The summed E-state index contributed by atoms with van der Waals surface area (Å²) in [4.78, 5) is 2.37. The fraction of sp³-hybridized carbons (Fsp3) is 0.667. The van der Waals surface area contributed by atoms with Gasteiger partial charge in [0, 0.05) is 13.1 Å². The molecule has 1 aliphatic rings. The minimum Gasteiger partial charge on any atom is -0.412 e. The van der Waals surface area contributed by atoms with Crippen LogP contribution in [0.5, 0.6) is 0 Å². The predicted molar refractivity (Wildman–Crippen MR) is 94.4 cm³/mol. The normalized spacial score (nSPS) is 23.9. The van der Waals surface area contributed by atoms with Crippen LogP contribution in [0.1, 0.15) is 32.8 Å². The van der Waals surface area contributed by atoms with Gasteiger partial charge in [-0.05, 0) is 30.1 Å². The quantitative estimate of drug-likeness (QED) is 0.840. The Balaban J connectivity index is 2.04. The summed E-state index contributed by atoms with van der Waals surface area (Å²) in [5, 5.41) is 10.1. The van der Waals surface area contributed by atoms with Crippen molar-refractivity contribution in [2.45, 2.75) is 64.0 Å². The van der Waals surface area contributed by atoms with Gasteiger partial charge in [-0.15, -0.1) is 0 Å². The highest BCUT2D eigenvalue weighted by atomic mass is 28.4. The molecule has 4 heteroatoms. The number of aliphatic hydroxyl groups excluding tert-OH is 1. The van der Waals surface area contributed by atoms with E-state index in [0.29, 0.717) is 0 Å². The van der Waals surface area contributed by atoms with E-state index < -0.39 is 8.32 Å². The maximum atomic E-state index is 9.88. The molecule has 0 bridgehead atoms. The molecule has 1 aromatic carbocycles. The van der Waals surface area contributed by atoms with Gasteiger partial charge in [-0.25, -0.2) is 0 Å². The second-order valence-electron chi connectivity index (χ2n) is 7.91. The van der Waals surface area contributed by atoms with Crippen LogP contribution in [0.4, 0.5) is 0 Å². The zero-order valence-electron chi connectivity index (χ0n) is 14.7. The zero-order chi connectivity index (χ0) is 16.4. The number of likely N-dealkylation sites (tertiary alicyclic amines) is 1. The lowest BCUT2D eigenvalue weighted by atomic mass is 10.1. The number of benzene rings is 1. The number of aliphatic hydroxyl groups is 1. The summed E-state index contributed by atoms with van der Waals surface area (Å²) in [5.74, 6) is 0. The molecule has 0 aliphatic carbocycles. The molecule has 0 aromatic heterocycles. The van der Waals surface area contributed by atoms with Gasteiger partial charge in [0.2, 0.25) is 0 Å². The van der Waals surface area contributed by atoms with E-state index in [1.165, 1.54) is 5.56 Å². The van der Waals surface area contributed by atoms with Gasteiger partial charge < -0.3 is 9.53 Å². The van der Waals surface area contributed by atoms with Crippen molar-refractivity contribution in [2.24, 2.45) is 0 Å². The Hall–Kier alpha value is -0.683. The lowest BCUT2D eigenvalue weighted by molar-refractivity contribution is 0.0740. The first-order valence-corrected chi connectivity index (χ1v) is 11.2. The van der Waals surface area contributed by atoms with Crippen LogP contribution in [0.15, 0.2) is 30.3 Å². The Morgan fingerprint density at radius 2 is 1.86 bits per heavy atom. The van der Waals surface area contributed by atoms with Crippen molar-refractivity contribution in [3.63, 3.8) is 0 Å². The topological polar surface area (TPSA) is 32.7 Å². The molecule has 124 valence electrons. The molecule has 0 radical (unpaired) electrons. The van der Waals surface area contributed by atoms with Crippen LogP contribution in [0.2, 0.25) is 18.1 Å². The lowest BCUT2D eigenvalue weighted by Gasteiger charge is -2.40. The van der Waals surface area contributed by atoms with E-state index in [0.717, 1.165) is 19.5 Å². The number of hydrogen-bond donors (Lipinski definition) is 1. The number of hydrogen-bond acceptors (Lipinski definition) is 3. The van der Waals surface area contributed by atoms with Gasteiger partial charge in [0.25, 0.3) is 0 Å². The molecule has 1 aromatic rings. The smallest absolute Gasteiger partial charge is 0.192 e. The Morgan fingerprint density at radius 3 is 2.41 bits per heavy atom. The first-order valence-electron chi connectivity index (χ1n) is 8.31. The fourth-order valence-corrected chi connectivity index (χ4v) is 4.21. The highest BCUT2D eigenvalue weighted by Gasteiger charge is 2.43. The minimum absolute atomic E-state index is 0.120. The monoisotopic (exact) mass is 321 g/mol. The van der Waals surface area contributed by atoms with E-state index in [2.05, 4.69) is 63.0 Å². The SMILES string of the molecule is CC(C)(C)[Si](C)(C)O[C@H]1CCN(Cc2ccccc2)[C@@H]1CO. The van der Waals surface area contributed by atoms with Crippen molar-refractivity contribution >= 4 is 8.32 Å². The fourth-order valence-electron chi connectivity index (χ4n) is 2.83. The van der Waals surface area contributed by atoms with Gasteiger partial charge >= 0.3 is 0 Å². The van der Waals surface area contributed by atoms with Gasteiger partial charge in [-0.3, -0.25) is 4.90 Å². The molecule has 1 N–H and O–H groups in total. The highest BCUT2D eigenvalue weighted by Crippen LogP contribution is 2.39. The van der Waals surface area contributed by atoms with E-state index in [-0.39, 0.29) is 23.8 Å². The molecular weight excluding hydrogens is 290 g/mol. The van der Waals surface area contributed by atoms with Gasteiger partial charge in [0.15, 0.2) is 8.32 Å². The van der Waals surface area contributed by atoms with E-state index >= 15 is 0 Å². The van der Waals surface area contributed by atoms with Gasteiger partial charge in [-0.1, -0.05) is 51.1 Å². The van der Waals surface area contributed by atoms with E-state index in [4.69, 9.17) is 4.43 Å². The minimum atomic E-state index is -1.79. The summed E-state index contributed by atoms with van der Waals surface area (Å²) in [6.07, 6.45) is 1.18. The van der Waals surface area contributed by atoms with E-state index in [1.54, 1.807) is 0 Å². The molecule has 0 amide bonds. The Kier molecular flexibility index (Phi) is 5.48. The predicted octanol–water partition coefficient (Wildman–Crippen LogP) is 3.64. The first-order chi connectivity index (χ1) is 10.2. The Labute approximate surface area is 136 Å². The van der Waals surface area contributed by atoms with Crippen molar-refractivity contribution in [3.05, 3.63) is 35.9 Å². The van der Waals surface area contributed by atoms with Crippen molar-refractivity contribution < 1.29 is 9.53 Å². The second kappa shape index (κ2) is 6.83. The van der Waals surface area contributed by atoms with E-state index in [9.17, 15) is 5.11 Å². The van der Waals surface area contributed by atoms with Gasteiger partial charge in [0.1, 0.15) is 0 Å². The number of nitrogens with zero attached hydrogens (tertiary/aromatic N) is 1. The van der Waals surface area contributed by atoms with Crippen LogP contribution in [0.25, 0.3) is 0 Å². The average Bonchev–Trinajstić information content (AvgIpc) is 2.80. The van der Waals surface area contributed by atoms with Crippen LogP contribution in [-0.2, 0) is 11.0 Å². The third-order valence-corrected chi connectivity index (χ3v) is 9.77. The van der Waals surface area contributed by atoms with Crippen LogP contribution < -0.4 is 0 Å². The maximum Gasteiger partial charge on any atom is 0.192 e. The van der Waals surface area contributed by atoms with Crippen molar-refractivity contribution in [1.82, 2.24) is 4.90 Å². The third-order valence-electron chi connectivity index (χ3n) is 5.27. The molecule has 3 nitrogen and oxygen atoms in total. The first kappa shape index (κ1) is 17.7. The molecule has 22 heavy (non-hydrogen) atoms. The van der Waals surface area contributed by atoms with Crippen LogP contribution in [0.3, 0.4) is 0 Å². The molecule has 1 heterocycles. The van der Waals surface area contributed by atoms with Crippen molar-refractivity contribution in [1.29, 1.82) is 0 Å². The second-order valence-corrected chi connectivity index (χ2v) is 12.7. The molecular formula is C18H31NO2Si. The van der Waals surface area contributed by atoms with Gasteiger partial charge in [0.05, 0.1) is 18.8 Å². The molecule has 2 atom stereocenters. The standard InChI is InChI=1S/C18H31NO2Si/c1-18(2,3)22(4,5)21-17-11-12-19(16(17)14-20)13-15-9-7-6-8-10-15/h6-10,16-17,20H,11-14H2,1-5H3/t16-,17+/m1/s1. The third kappa shape index (κ3) is 3.99. The average molecular weight is 322 g/mol. The zero-order valence-corrected chi connectivity index (χ0v) is 15.7. The van der Waals surface area contributed by atoms with Crippen LogP contribution in [-0.4, -0.2) is 43.6 Å². The van der Waals surface area contributed by atoms with Crippen molar-refractivity contribution in [2.75, 3.05) is 13.2 Å². The summed E-state index contributed by atoms with van der Waals surface area (Å²) in [5.41, 5.74) is 1.30. The molecule has 1 fully saturated rings. The van der Waals surface area contributed by atoms with E-state index in [1.807, 2.05) is 6.07 Å².